The van der Waals surface area contributed by atoms with Gasteiger partial charge in [-0.05, 0) is 30.3 Å². The molecule has 3 rings (SSSR count). The zero-order chi connectivity index (χ0) is 17.2. The third kappa shape index (κ3) is 3.27. The van der Waals surface area contributed by atoms with Crippen LogP contribution < -0.4 is 4.90 Å². The van der Waals surface area contributed by atoms with Gasteiger partial charge in [0.1, 0.15) is 0 Å². The largest absolute Gasteiger partial charge is 0.478 e. The smallest absolute Gasteiger partial charge is 0.335 e. The molecular weight excluding hydrogens is 330 g/mol. The van der Waals surface area contributed by atoms with Crippen molar-refractivity contribution in [2.75, 3.05) is 31.2 Å². The highest BCUT2D eigenvalue weighted by atomic mass is 32.2. The van der Waals surface area contributed by atoms with E-state index in [1.54, 1.807) is 18.2 Å². The first-order chi connectivity index (χ1) is 11.5. The summed E-state index contributed by atoms with van der Waals surface area (Å²) in [7, 11) is -3.78. The van der Waals surface area contributed by atoms with Crippen LogP contribution in [-0.2, 0) is 14.6 Å². The van der Waals surface area contributed by atoms with Crippen LogP contribution >= 0.6 is 0 Å². The van der Waals surface area contributed by atoms with E-state index >= 15 is 0 Å². The van der Waals surface area contributed by atoms with Crippen molar-refractivity contribution in [3.63, 3.8) is 0 Å². The highest BCUT2D eigenvalue weighted by Crippen LogP contribution is 2.27. The molecule has 126 valence electrons. The Morgan fingerprint density at radius 3 is 2.29 bits per heavy atom. The van der Waals surface area contributed by atoms with E-state index in [9.17, 15) is 18.3 Å². The lowest BCUT2D eigenvalue weighted by Gasteiger charge is -2.29. The predicted octanol–water partition coefficient (Wildman–Crippen LogP) is 2.05. The number of anilines is 1. The fourth-order valence-corrected chi connectivity index (χ4v) is 3.95. The molecule has 1 fully saturated rings. The first-order valence-electron chi connectivity index (χ1n) is 7.50. The molecule has 0 radical (unpaired) electrons. The van der Waals surface area contributed by atoms with E-state index in [1.165, 1.54) is 30.3 Å². The van der Waals surface area contributed by atoms with Gasteiger partial charge in [0, 0.05) is 18.8 Å². The fraction of sp³-hybridized carbons (Fsp3) is 0.235. The molecule has 0 unspecified atom stereocenters. The Labute approximate surface area is 140 Å². The van der Waals surface area contributed by atoms with E-state index in [0.29, 0.717) is 32.0 Å². The number of morpholine rings is 1. The second-order valence-electron chi connectivity index (χ2n) is 5.44. The molecule has 1 heterocycles. The summed E-state index contributed by atoms with van der Waals surface area (Å²) in [6, 6.07) is 12.2. The van der Waals surface area contributed by atoms with Gasteiger partial charge in [0.05, 0.1) is 28.6 Å². The van der Waals surface area contributed by atoms with Crippen LogP contribution in [0, 0.1) is 0 Å². The number of carboxylic acid groups (broad SMARTS) is 1. The lowest BCUT2D eigenvalue weighted by atomic mass is 10.2. The van der Waals surface area contributed by atoms with Crippen molar-refractivity contribution in [2.45, 2.75) is 9.79 Å². The van der Waals surface area contributed by atoms with E-state index in [0.717, 1.165) is 0 Å². The molecule has 0 aromatic heterocycles. The maximum atomic E-state index is 12.8. The Kier molecular flexibility index (Phi) is 4.55. The van der Waals surface area contributed by atoms with Gasteiger partial charge in [-0.2, -0.15) is 0 Å². The Morgan fingerprint density at radius 2 is 1.67 bits per heavy atom. The molecule has 1 aliphatic rings. The number of hydrogen-bond donors (Lipinski definition) is 1. The lowest BCUT2D eigenvalue weighted by molar-refractivity contribution is 0.0696. The van der Waals surface area contributed by atoms with E-state index in [1.807, 2.05) is 4.90 Å². The van der Waals surface area contributed by atoms with Crippen LogP contribution in [0.1, 0.15) is 10.4 Å². The van der Waals surface area contributed by atoms with Crippen LogP contribution in [0.15, 0.2) is 58.3 Å². The average molecular weight is 347 g/mol. The topological polar surface area (TPSA) is 83.9 Å². The Balaban J connectivity index is 2.10. The zero-order valence-electron chi connectivity index (χ0n) is 12.9. The number of sulfone groups is 1. The van der Waals surface area contributed by atoms with Crippen molar-refractivity contribution in [2.24, 2.45) is 0 Å². The molecule has 24 heavy (non-hydrogen) atoms. The summed E-state index contributed by atoms with van der Waals surface area (Å²) in [5, 5.41) is 9.33. The summed E-state index contributed by atoms with van der Waals surface area (Å²) in [6.07, 6.45) is 0. The van der Waals surface area contributed by atoms with Crippen LogP contribution in [0.25, 0.3) is 0 Å². The molecular formula is C17H17NO5S. The van der Waals surface area contributed by atoms with Gasteiger partial charge >= 0.3 is 5.97 Å². The Bertz CT molecular complexity index is 843. The maximum absolute atomic E-state index is 12.8. The van der Waals surface area contributed by atoms with Gasteiger partial charge in [-0.25, -0.2) is 13.2 Å². The van der Waals surface area contributed by atoms with Gasteiger partial charge < -0.3 is 14.7 Å². The third-order valence-electron chi connectivity index (χ3n) is 3.88. The highest BCUT2D eigenvalue weighted by molar-refractivity contribution is 7.91. The number of aromatic carboxylic acids is 1. The SMILES string of the molecule is O=C(O)c1cc(N2CCOCC2)cc(S(=O)(=O)c2ccccc2)c1. The second kappa shape index (κ2) is 6.62. The quantitative estimate of drug-likeness (QED) is 0.911. The molecule has 1 aliphatic heterocycles. The second-order valence-corrected chi connectivity index (χ2v) is 7.39. The molecule has 1 saturated heterocycles. The third-order valence-corrected chi connectivity index (χ3v) is 5.63. The van der Waals surface area contributed by atoms with Gasteiger partial charge in [0.2, 0.25) is 9.84 Å². The highest BCUT2D eigenvalue weighted by Gasteiger charge is 2.22. The number of nitrogens with zero attached hydrogens (tertiary/aromatic N) is 1. The molecule has 6 nitrogen and oxygen atoms in total. The summed E-state index contributed by atoms with van der Waals surface area (Å²) in [5.74, 6) is -1.16. The molecule has 2 aromatic carbocycles. The van der Waals surface area contributed by atoms with Crippen molar-refractivity contribution >= 4 is 21.5 Å². The van der Waals surface area contributed by atoms with Crippen molar-refractivity contribution in [3.8, 4) is 0 Å². The van der Waals surface area contributed by atoms with Crippen LogP contribution in [0.3, 0.4) is 0 Å². The average Bonchev–Trinajstić information content (AvgIpc) is 2.62. The standard InChI is InChI=1S/C17H17NO5S/c19-17(20)13-10-14(18-6-8-23-9-7-18)12-16(11-13)24(21,22)15-4-2-1-3-5-15/h1-5,10-12H,6-9H2,(H,19,20). The van der Waals surface area contributed by atoms with E-state index in [2.05, 4.69) is 0 Å². The van der Waals surface area contributed by atoms with Crippen LogP contribution in [-0.4, -0.2) is 45.8 Å². The molecule has 0 atom stereocenters. The summed E-state index contributed by atoms with van der Waals surface area (Å²) < 4.78 is 30.9. The van der Waals surface area contributed by atoms with Gasteiger partial charge in [-0.15, -0.1) is 0 Å². The molecule has 0 bridgehead atoms. The maximum Gasteiger partial charge on any atom is 0.335 e. The fourth-order valence-electron chi connectivity index (χ4n) is 2.60. The summed E-state index contributed by atoms with van der Waals surface area (Å²) in [6.45, 7) is 2.23. The number of hydrogen-bond acceptors (Lipinski definition) is 5. The molecule has 7 heteroatoms. The van der Waals surface area contributed by atoms with Crippen molar-refractivity contribution in [1.82, 2.24) is 0 Å². The number of ether oxygens (including phenoxy) is 1. The van der Waals surface area contributed by atoms with Crippen molar-refractivity contribution < 1.29 is 23.1 Å². The molecule has 1 N–H and O–H groups in total. The van der Waals surface area contributed by atoms with Gasteiger partial charge in [0.25, 0.3) is 0 Å². The Hall–Kier alpha value is -2.38. The summed E-state index contributed by atoms with van der Waals surface area (Å²) in [5.41, 5.74) is 0.529. The first-order valence-corrected chi connectivity index (χ1v) is 8.98. The number of rotatable bonds is 4. The molecule has 0 amide bonds. The van der Waals surface area contributed by atoms with Crippen molar-refractivity contribution in [3.05, 3.63) is 54.1 Å². The van der Waals surface area contributed by atoms with Gasteiger partial charge in [-0.1, -0.05) is 18.2 Å². The van der Waals surface area contributed by atoms with Gasteiger partial charge in [-0.3, -0.25) is 0 Å². The van der Waals surface area contributed by atoms with E-state index < -0.39 is 15.8 Å². The minimum atomic E-state index is -3.78. The summed E-state index contributed by atoms with van der Waals surface area (Å²) >= 11 is 0. The normalized spacial score (nSPS) is 15.2. The molecule has 2 aromatic rings. The van der Waals surface area contributed by atoms with Crippen LogP contribution in [0.4, 0.5) is 5.69 Å². The van der Waals surface area contributed by atoms with Crippen molar-refractivity contribution in [1.29, 1.82) is 0 Å². The van der Waals surface area contributed by atoms with Crippen LogP contribution in [0.5, 0.6) is 0 Å². The Morgan fingerprint density at radius 1 is 1.00 bits per heavy atom. The number of carbonyl (C=O) groups is 1. The zero-order valence-corrected chi connectivity index (χ0v) is 13.7. The minimum Gasteiger partial charge on any atom is -0.478 e. The minimum absolute atomic E-state index is 0.0184. The predicted molar refractivity (Wildman–Crippen MR) is 88.3 cm³/mol. The summed E-state index contributed by atoms with van der Waals surface area (Å²) in [4.78, 5) is 13.5. The lowest BCUT2D eigenvalue weighted by Crippen LogP contribution is -2.36. The van der Waals surface area contributed by atoms with Crippen LogP contribution in [0.2, 0.25) is 0 Å². The monoisotopic (exact) mass is 347 g/mol. The van der Waals surface area contributed by atoms with Gasteiger partial charge in [0.15, 0.2) is 0 Å². The number of benzene rings is 2. The molecule has 0 aliphatic carbocycles. The molecule has 0 spiro atoms. The molecule has 0 saturated carbocycles. The van der Waals surface area contributed by atoms with E-state index in [4.69, 9.17) is 4.74 Å². The first kappa shape index (κ1) is 16.5. The number of carboxylic acids is 1. The van der Waals surface area contributed by atoms with E-state index in [-0.39, 0.29) is 15.4 Å².